The number of amides is 3. The molecular weight excluding hydrogens is 374 g/mol. The summed E-state index contributed by atoms with van der Waals surface area (Å²) >= 11 is 1.33. The highest BCUT2D eigenvalue weighted by Crippen LogP contribution is 2.27. The molecule has 0 spiro atoms. The van der Waals surface area contributed by atoms with Crippen molar-refractivity contribution in [2.24, 2.45) is 0 Å². The van der Waals surface area contributed by atoms with Crippen molar-refractivity contribution in [1.82, 2.24) is 9.88 Å². The summed E-state index contributed by atoms with van der Waals surface area (Å²) in [7, 11) is 1.42. The summed E-state index contributed by atoms with van der Waals surface area (Å²) < 4.78 is 0. The molecule has 0 unspecified atom stereocenters. The Bertz CT molecular complexity index is 1150. The fourth-order valence-corrected chi connectivity index (χ4v) is 3.75. The van der Waals surface area contributed by atoms with Gasteiger partial charge in [-0.3, -0.25) is 24.6 Å². The Morgan fingerprint density at radius 2 is 1.75 bits per heavy atom. The van der Waals surface area contributed by atoms with Crippen molar-refractivity contribution < 1.29 is 14.4 Å². The average molecular weight is 391 g/mol. The Kier molecular flexibility index (Phi) is 4.31. The van der Waals surface area contributed by atoms with Crippen LogP contribution in [0, 0.1) is 13.8 Å². The number of carbonyl (C=O) groups excluding carboxylic acids is 3. The molecule has 0 fully saturated rings. The zero-order chi connectivity index (χ0) is 20.0. The summed E-state index contributed by atoms with van der Waals surface area (Å²) in [6, 6.07) is 10.6. The zero-order valence-electron chi connectivity index (χ0n) is 15.6. The Hall–Kier alpha value is -3.32. The average Bonchev–Trinajstić information content (AvgIpc) is 3.23. The molecule has 7 heteroatoms. The van der Waals surface area contributed by atoms with Crippen LogP contribution >= 0.6 is 11.3 Å². The number of nitrogens with one attached hydrogen (secondary N) is 1. The van der Waals surface area contributed by atoms with Crippen LogP contribution in [0.1, 0.15) is 42.2 Å². The minimum Gasteiger partial charge on any atom is -0.298 e. The van der Waals surface area contributed by atoms with Crippen molar-refractivity contribution in [1.29, 1.82) is 0 Å². The molecule has 4 rings (SSSR count). The third kappa shape index (κ3) is 2.99. The number of hydrogen-bond acceptors (Lipinski definition) is 5. The lowest BCUT2D eigenvalue weighted by atomic mass is 10.1. The van der Waals surface area contributed by atoms with Gasteiger partial charge in [0.2, 0.25) is 0 Å². The molecule has 0 saturated carbocycles. The van der Waals surface area contributed by atoms with Gasteiger partial charge in [0, 0.05) is 23.6 Å². The first kappa shape index (κ1) is 18.1. The molecule has 1 aliphatic heterocycles. The lowest BCUT2D eigenvalue weighted by Crippen LogP contribution is -2.24. The fourth-order valence-electron chi connectivity index (χ4n) is 3.04. The van der Waals surface area contributed by atoms with Gasteiger partial charge >= 0.3 is 0 Å². The quantitative estimate of drug-likeness (QED) is 0.687. The molecule has 2 heterocycles. The van der Waals surface area contributed by atoms with Gasteiger partial charge in [0.1, 0.15) is 0 Å². The Labute approximate surface area is 165 Å². The number of carbonyl (C=O) groups is 3. The van der Waals surface area contributed by atoms with E-state index in [2.05, 4.69) is 23.3 Å². The van der Waals surface area contributed by atoms with Gasteiger partial charge in [0.15, 0.2) is 5.13 Å². The van der Waals surface area contributed by atoms with Crippen LogP contribution < -0.4 is 5.32 Å². The van der Waals surface area contributed by atoms with E-state index >= 15 is 0 Å². The number of anilines is 1. The fraction of sp³-hybridized carbons (Fsp3) is 0.143. The van der Waals surface area contributed by atoms with Gasteiger partial charge in [-0.25, -0.2) is 4.98 Å². The second-order valence-corrected chi connectivity index (χ2v) is 7.58. The van der Waals surface area contributed by atoms with Crippen LogP contribution in [0.4, 0.5) is 5.13 Å². The maximum absolute atomic E-state index is 12.6. The molecule has 0 radical (unpaired) electrons. The Morgan fingerprint density at radius 1 is 1.00 bits per heavy atom. The first-order valence-corrected chi connectivity index (χ1v) is 9.54. The van der Waals surface area contributed by atoms with Gasteiger partial charge in [-0.05, 0) is 49.2 Å². The summed E-state index contributed by atoms with van der Waals surface area (Å²) in [6.07, 6.45) is 0. The monoisotopic (exact) mass is 391 g/mol. The largest absolute Gasteiger partial charge is 0.298 e. The summed E-state index contributed by atoms with van der Waals surface area (Å²) in [5.41, 5.74) is 5.04. The predicted octanol–water partition coefficient (Wildman–Crippen LogP) is 3.91. The highest BCUT2D eigenvalue weighted by molar-refractivity contribution is 7.14. The second-order valence-electron chi connectivity index (χ2n) is 6.72. The normalized spacial score (nSPS) is 13.0. The van der Waals surface area contributed by atoms with Crippen LogP contribution in [-0.4, -0.2) is 34.7 Å². The first-order valence-electron chi connectivity index (χ1n) is 8.66. The summed E-state index contributed by atoms with van der Waals surface area (Å²) in [5.74, 6) is -1.13. The van der Waals surface area contributed by atoms with Crippen molar-refractivity contribution >= 4 is 34.2 Å². The molecular formula is C21H17N3O3S. The minimum atomic E-state index is -0.402. The number of aromatic nitrogens is 1. The standard InChI is InChI=1S/C21H17N3O3S/c1-11-4-5-13(8-12(11)2)17-10-28-21(22-17)23-18(25)14-6-7-15-16(9-14)20(27)24(3)19(15)26/h4-10H,1-3H3,(H,22,23,25). The van der Waals surface area contributed by atoms with Crippen molar-refractivity contribution in [2.75, 3.05) is 12.4 Å². The lowest BCUT2D eigenvalue weighted by Gasteiger charge is -2.04. The van der Waals surface area contributed by atoms with Crippen LogP contribution in [0.15, 0.2) is 41.8 Å². The Morgan fingerprint density at radius 3 is 2.50 bits per heavy atom. The van der Waals surface area contributed by atoms with E-state index in [1.54, 1.807) is 0 Å². The molecule has 3 amide bonds. The van der Waals surface area contributed by atoms with Gasteiger partial charge in [0.05, 0.1) is 16.8 Å². The van der Waals surface area contributed by atoms with Gasteiger partial charge in [-0.1, -0.05) is 12.1 Å². The summed E-state index contributed by atoms with van der Waals surface area (Å²) in [6.45, 7) is 4.10. The van der Waals surface area contributed by atoms with Crippen molar-refractivity contribution in [2.45, 2.75) is 13.8 Å². The van der Waals surface area contributed by atoms with E-state index in [1.807, 2.05) is 24.4 Å². The second kappa shape index (κ2) is 6.69. The molecule has 1 aromatic heterocycles. The molecule has 0 saturated heterocycles. The van der Waals surface area contributed by atoms with E-state index in [-0.39, 0.29) is 17.4 Å². The third-order valence-electron chi connectivity index (χ3n) is 4.88. The van der Waals surface area contributed by atoms with Gasteiger partial charge in [0.25, 0.3) is 17.7 Å². The topological polar surface area (TPSA) is 79.4 Å². The Balaban J connectivity index is 1.55. The number of fused-ring (bicyclic) bond motifs is 1. The van der Waals surface area contributed by atoms with Crippen LogP contribution in [0.2, 0.25) is 0 Å². The number of aryl methyl sites for hydroxylation is 2. The van der Waals surface area contributed by atoms with E-state index in [0.717, 1.165) is 16.2 Å². The summed E-state index contributed by atoms with van der Waals surface area (Å²) in [5, 5.41) is 5.12. The molecule has 1 N–H and O–H groups in total. The summed E-state index contributed by atoms with van der Waals surface area (Å²) in [4.78, 5) is 42.2. The molecule has 2 aromatic carbocycles. The zero-order valence-corrected chi connectivity index (χ0v) is 16.4. The predicted molar refractivity (Wildman–Crippen MR) is 108 cm³/mol. The molecule has 140 valence electrons. The van der Waals surface area contributed by atoms with E-state index in [0.29, 0.717) is 16.3 Å². The minimum absolute atomic E-state index is 0.245. The van der Waals surface area contributed by atoms with E-state index in [1.165, 1.54) is 47.7 Å². The van der Waals surface area contributed by atoms with Gasteiger partial charge < -0.3 is 0 Å². The maximum Gasteiger partial charge on any atom is 0.261 e. The molecule has 0 bridgehead atoms. The SMILES string of the molecule is Cc1ccc(-c2csc(NC(=O)c3ccc4c(c3)C(=O)N(C)C4=O)n2)cc1C. The van der Waals surface area contributed by atoms with Crippen LogP contribution in [0.3, 0.4) is 0 Å². The number of thiazole rings is 1. The van der Waals surface area contributed by atoms with E-state index in [4.69, 9.17) is 0 Å². The highest BCUT2D eigenvalue weighted by atomic mass is 32.1. The van der Waals surface area contributed by atoms with Crippen LogP contribution in [-0.2, 0) is 0 Å². The number of nitrogens with zero attached hydrogens (tertiary/aromatic N) is 2. The molecule has 6 nitrogen and oxygen atoms in total. The molecule has 28 heavy (non-hydrogen) atoms. The van der Waals surface area contributed by atoms with Gasteiger partial charge in [-0.15, -0.1) is 11.3 Å². The van der Waals surface area contributed by atoms with E-state index in [9.17, 15) is 14.4 Å². The molecule has 1 aliphatic rings. The molecule has 0 atom stereocenters. The van der Waals surface area contributed by atoms with E-state index < -0.39 is 5.91 Å². The lowest BCUT2D eigenvalue weighted by molar-refractivity contribution is 0.0693. The van der Waals surface area contributed by atoms with Crippen LogP contribution in [0.25, 0.3) is 11.3 Å². The first-order chi connectivity index (χ1) is 13.3. The smallest absolute Gasteiger partial charge is 0.261 e. The third-order valence-corrected chi connectivity index (χ3v) is 5.64. The maximum atomic E-state index is 12.6. The number of hydrogen-bond donors (Lipinski definition) is 1. The number of imide groups is 1. The van der Waals surface area contributed by atoms with Crippen molar-refractivity contribution in [3.63, 3.8) is 0 Å². The van der Waals surface area contributed by atoms with Crippen molar-refractivity contribution in [3.8, 4) is 11.3 Å². The number of benzene rings is 2. The van der Waals surface area contributed by atoms with Gasteiger partial charge in [-0.2, -0.15) is 0 Å². The molecule has 3 aromatic rings. The van der Waals surface area contributed by atoms with Crippen LogP contribution in [0.5, 0.6) is 0 Å². The molecule has 0 aliphatic carbocycles. The highest BCUT2D eigenvalue weighted by Gasteiger charge is 2.33. The number of rotatable bonds is 3. The van der Waals surface area contributed by atoms with Crippen molar-refractivity contribution in [3.05, 3.63) is 69.6 Å².